The molecular formula is C22H32O5. The number of carbonyl (C=O) groups excluding carboxylic acids is 2. The second-order valence-corrected chi connectivity index (χ2v) is 7.60. The summed E-state index contributed by atoms with van der Waals surface area (Å²) in [6, 6.07) is 0. The van der Waals surface area contributed by atoms with Crippen molar-refractivity contribution in [1.29, 1.82) is 0 Å². The van der Waals surface area contributed by atoms with Gasteiger partial charge in [0, 0.05) is 11.1 Å². The Morgan fingerprint density at radius 1 is 1.04 bits per heavy atom. The zero-order valence-corrected chi connectivity index (χ0v) is 16.9. The molecular weight excluding hydrogens is 344 g/mol. The maximum Gasteiger partial charge on any atom is 0.339 e. The number of carbonyl (C=O) groups is 3. The molecule has 2 N–H and O–H groups in total. The number of carboxylic acids is 1. The van der Waals surface area contributed by atoms with E-state index in [0.29, 0.717) is 18.8 Å². The minimum atomic E-state index is -1.35. The molecule has 27 heavy (non-hydrogen) atoms. The molecule has 1 rings (SSSR count). The number of aliphatic hydroxyl groups excluding tert-OH is 1. The van der Waals surface area contributed by atoms with Crippen LogP contribution in [0, 0.1) is 5.92 Å². The molecule has 5 nitrogen and oxygen atoms in total. The van der Waals surface area contributed by atoms with Crippen LogP contribution in [0.5, 0.6) is 0 Å². The molecule has 0 aliphatic heterocycles. The van der Waals surface area contributed by atoms with Crippen molar-refractivity contribution in [2.75, 3.05) is 0 Å². The molecule has 150 valence electrons. The van der Waals surface area contributed by atoms with Crippen LogP contribution in [0.25, 0.3) is 0 Å². The average Bonchev–Trinajstić information content (AvgIpc) is 2.58. The fourth-order valence-corrected chi connectivity index (χ4v) is 3.23. The summed E-state index contributed by atoms with van der Waals surface area (Å²) in [7, 11) is 0. The smallest absolute Gasteiger partial charge is 0.339 e. The first-order valence-electron chi connectivity index (χ1n) is 9.81. The van der Waals surface area contributed by atoms with Crippen molar-refractivity contribution in [1.82, 2.24) is 0 Å². The minimum absolute atomic E-state index is 0.0503. The number of unbranched alkanes of at least 4 members (excludes halogenated alkanes) is 2. The molecule has 0 saturated carbocycles. The molecule has 0 heterocycles. The third-order valence-electron chi connectivity index (χ3n) is 4.92. The largest absolute Gasteiger partial charge is 0.507 e. The maximum atomic E-state index is 12.5. The van der Waals surface area contributed by atoms with Crippen LogP contribution in [0.15, 0.2) is 34.1 Å². The van der Waals surface area contributed by atoms with Crippen LogP contribution in [0.2, 0.25) is 0 Å². The highest BCUT2D eigenvalue weighted by Gasteiger charge is 2.37. The molecule has 1 atom stereocenters. The van der Waals surface area contributed by atoms with Crippen molar-refractivity contribution >= 4 is 17.5 Å². The maximum absolute atomic E-state index is 12.5. The van der Waals surface area contributed by atoms with Gasteiger partial charge in [-0.15, -0.1) is 0 Å². The van der Waals surface area contributed by atoms with E-state index < -0.39 is 23.3 Å². The van der Waals surface area contributed by atoms with E-state index in [2.05, 4.69) is 13.0 Å². The zero-order chi connectivity index (χ0) is 20.6. The van der Waals surface area contributed by atoms with E-state index >= 15 is 0 Å². The molecule has 0 aromatic carbocycles. The number of aliphatic hydroxyl groups is 1. The van der Waals surface area contributed by atoms with Crippen molar-refractivity contribution in [3.05, 3.63) is 34.1 Å². The predicted octanol–water partition coefficient (Wildman–Crippen LogP) is 5.07. The summed E-state index contributed by atoms with van der Waals surface area (Å²) < 4.78 is 0. The molecule has 0 aromatic heterocycles. The molecule has 0 amide bonds. The summed E-state index contributed by atoms with van der Waals surface area (Å²) in [5.41, 5.74) is 0.759. The van der Waals surface area contributed by atoms with E-state index in [0.717, 1.165) is 25.7 Å². The molecule has 1 aliphatic rings. The van der Waals surface area contributed by atoms with Gasteiger partial charge in [-0.1, -0.05) is 38.3 Å². The van der Waals surface area contributed by atoms with Crippen LogP contribution >= 0.6 is 0 Å². The first-order valence-corrected chi connectivity index (χ1v) is 9.81. The van der Waals surface area contributed by atoms with Crippen LogP contribution in [-0.4, -0.2) is 27.7 Å². The van der Waals surface area contributed by atoms with Crippen LogP contribution < -0.4 is 0 Å². The lowest BCUT2D eigenvalue weighted by atomic mass is 9.83. The predicted molar refractivity (Wildman–Crippen MR) is 106 cm³/mol. The molecule has 1 aliphatic carbocycles. The van der Waals surface area contributed by atoms with E-state index in [1.54, 1.807) is 0 Å². The standard InChI is InChI=1S/C22H32O5/c1-5-6-7-11-16-18(22(26)27)19(23)17(21(25)20(16)24)13-12-15(4)10-8-9-14(2)3/h9,15,23H,5-8,10-13H2,1-4H3,(H,26,27). The molecule has 0 aromatic rings. The summed E-state index contributed by atoms with van der Waals surface area (Å²) in [6.07, 6.45) is 7.42. The van der Waals surface area contributed by atoms with Crippen LogP contribution in [0.4, 0.5) is 0 Å². The third kappa shape index (κ3) is 6.49. The van der Waals surface area contributed by atoms with Gasteiger partial charge in [0.2, 0.25) is 11.6 Å². The van der Waals surface area contributed by atoms with Crippen LogP contribution in [0.3, 0.4) is 0 Å². The molecule has 0 bridgehead atoms. The Kier molecular flexibility index (Phi) is 9.19. The molecule has 0 radical (unpaired) electrons. The lowest BCUT2D eigenvalue weighted by Crippen LogP contribution is -2.29. The van der Waals surface area contributed by atoms with E-state index in [-0.39, 0.29) is 29.6 Å². The summed E-state index contributed by atoms with van der Waals surface area (Å²) in [5.74, 6) is -3.09. The summed E-state index contributed by atoms with van der Waals surface area (Å²) in [6.45, 7) is 8.12. The van der Waals surface area contributed by atoms with Crippen LogP contribution in [-0.2, 0) is 14.4 Å². The van der Waals surface area contributed by atoms with E-state index in [1.165, 1.54) is 5.57 Å². The van der Waals surface area contributed by atoms with Gasteiger partial charge in [-0.3, -0.25) is 9.59 Å². The van der Waals surface area contributed by atoms with E-state index in [1.807, 2.05) is 20.8 Å². The van der Waals surface area contributed by atoms with E-state index in [9.17, 15) is 24.6 Å². The number of ketones is 2. The molecule has 5 heteroatoms. The van der Waals surface area contributed by atoms with Crippen molar-refractivity contribution in [2.24, 2.45) is 5.92 Å². The lowest BCUT2D eigenvalue weighted by Gasteiger charge is -2.20. The zero-order valence-electron chi connectivity index (χ0n) is 16.9. The molecule has 0 saturated heterocycles. The number of rotatable bonds is 11. The Morgan fingerprint density at radius 2 is 1.67 bits per heavy atom. The van der Waals surface area contributed by atoms with Gasteiger partial charge in [0.15, 0.2) is 0 Å². The SMILES string of the molecule is CCCCCC1=C(C(=O)O)C(O)=C(CCC(C)CCC=C(C)C)C(=O)C1=O. The van der Waals surface area contributed by atoms with Crippen LogP contribution in [0.1, 0.15) is 79.1 Å². The number of hydrogen-bond acceptors (Lipinski definition) is 4. The minimum Gasteiger partial charge on any atom is -0.507 e. The fourth-order valence-electron chi connectivity index (χ4n) is 3.23. The van der Waals surface area contributed by atoms with Crippen molar-refractivity contribution in [2.45, 2.75) is 79.1 Å². The average molecular weight is 376 g/mol. The number of hydrogen-bond donors (Lipinski definition) is 2. The molecule has 0 fully saturated rings. The van der Waals surface area contributed by atoms with E-state index in [4.69, 9.17) is 0 Å². The van der Waals surface area contributed by atoms with Gasteiger partial charge in [0.1, 0.15) is 11.3 Å². The highest BCUT2D eigenvalue weighted by molar-refractivity contribution is 6.51. The molecule has 1 unspecified atom stereocenters. The highest BCUT2D eigenvalue weighted by Crippen LogP contribution is 2.31. The normalized spacial score (nSPS) is 16.0. The summed E-state index contributed by atoms with van der Waals surface area (Å²) >= 11 is 0. The molecule has 0 spiro atoms. The summed E-state index contributed by atoms with van der Waals surface area (Å²) in [4.78, 5) is 36.5. The van der Waals surface area contributed by atoms with Crippen molar-refractivity contribution < 1.29 is 24.6 Å². The fraction of sp³-hybridized carbons (Fsp3) is 0.591. The third-order valence-corrected chi connectivity index (χ3v) is 4.92. The highest BCUT2D eigenvalue weighted by atomic mass is 16.4. The Bertz CT molecular complexity index is 675. The van der Waals surface area contributed by atoms with Gasteiger partial charge >= 0.3 is 5.97 Å². The van der Waals surface area contributed by atoms with Gasteiger partial charge in [-0.2, -0.15) is 0 Å². The van der Waals surface area contributed by atoms with Gasteiger partial charge in [-0.05, 0) is 58.3 Å². The van der Waals surface area contributed by atoms with Gasteiger partial charge in [-0.25, -0.2) is 4.79 Å². The van der Waals surface area contributed by atoms with Gasteiger partial charge in [0.05, 0.1) is 0 Å². The summed E-state index contributed by atoms with van der Waals surface area (Å²) in [5, 5.41) is 19.9. The van der Waals surface area contributed by atoms with Gasteiger partial charge in [0.25, 0.3) is 0 Å². The Balaban J connectivity index is 2.97. The number of carboxylic acid groups (broad SMARTS) is 1. The topological polar surface area (TPSA) is 91.7 Å². The van der Waals surface area contributed by atoms with Gasteiger partial charge < -0.3 is 10.2 Å². The van der Waals surface area contributed by atoms with Crippen molar-refractivity contribution in [3.8, 4) is 0 Å². The number of aliphatic carboxylic acids is 1. The number of allylic oxidation sites excluding steroid dienone is 4. The second-order valence-electron chi connectivity index (χ2n) is 7.60. The first kappa shape index (κ1) is 22.9. The quantitative estimate of drug-likeness (QED) is 0.227. The first-order chi connectivity index (χ1) is 12.7. The van der Waals surface area contributed by atoms with Crippen molar-refractivity contribution in [3.63, 3.8) is 0 Å². The number of Topliss-reactive ketones (excluding diaryl/α,β-unsaturated/α-hetero) is 2. The Hall–Kier alpha value is -2.17. The Labute approximate surface area is 161 Å². The second kappa shape index (κ2) is 10.9. The Morgan fingerprint density at radius 3 is 2.22 bits per heavy atom. The monoisotopic (exact) mass is 376 g/mol. The lowest BCUT2D eigenvalue weighted by molar-refractivity contribution is -0.135.